The number of nitro benzene ring substituents is 1. The first-order valence-corrected chi connectivity index (χ1v) is 13.3. The summed E-state index contributed by atoms with van der Waals surface area (Å²) in [5.41, 5.74) is 1.28. The number of fused-ring (bicyclic) bond motifs is 1. The zero-order chi connectivity index (χ0) is 29.3. The first-order chi connectivity index (χ1) is 19.7. The quantitative estimate of drug-likeness (QED) is 0.175. The van der Waals surface area contributed by atoms with Gasteiger partial charge in [-0.3, -0.25) is 19.5 Å². The van der Waals surface area contributed by atoms with Crippen LogP contribution in [0.4, 0.5) is 5.69 Å². The third kappa shape index (κ3) is 5.16. The van der Waals surface area contributed by atoms with Crippen LogP contribution in [0.2, 0.25) is 0 Å². The van der Waals surface area contributed by atoms with Crippen LogP contribution in [-0.2, 0) is 9.53 Å². The van der Waals surface area contributed by atoms with Crippen molar-refractivity contribution < 1.29 is 28.3 Å². The van der Waals surface area contributed by atoms with Gasteiger partial charge in [0.1, 0.15) is 23.0 Å². The van der Waals surface area contributed by atoms with Gasteiger partial charge in [-0.25, -0.2) is 9.79 Å². The molecule has 4 aromatic rings. The normalized spacial score (nSPS) is 14.8. The number of hydrogen-bond acceptors (Lipinski definition) is 10. The second kappa shape index (κ2) is 11.3. The van der Waals surface area contributed by atoms with Crippen LogP contribution < -0.4 is 24.4 Å². The van der Waals surface area contributed by atoms with E-state index in [9.17, 15) is 19.7 Å². The Bertz CT molecular complexity index is 1880. The maximum atomic E-state index is 13.8. The van der Waals surface area contributed by atoms with E-state index in [1.165, 1.54) is 29.9 Å². The van der Waals surface area contributed by atoms with E-state index < -0.39 is 16.9 Å². The first-order valence-electron chi connectivity index (χ1n) is 12.5. The smallest absolute Gasteiger partial charge is 0.338 e. The zero-order valence-electron chi connectivity index (χ0n) is 22.6. The molecule has 1 aliphatic rings. The summed E-state index contributed by atoms with van der Waals surface area (Å²) in [5, 5.41) is 11.3. The summed E-state index contributed by atoms with van der Waals surface area (Å²) in [6, 6.07) is 13.9. The lowest BCUT2D eigenvalue weighted by molar-refractivity contribution is -0.384. The van der Waals surface area contributed by atoms with Crippen molar-refractivity contribution in [1.29, 1.82) is 0 Å². The molecule has 0 saturated heterocycles. The predicted octanol–water partition coefficient (Wildman–Crippen LogP) is 3.98. The third-order valence-corrected chi connectivity index (χ3v) is 7.47. The molecule has 1 atom stereocenters. The number of aromatic nitrogens is 1. The van der Waals surface area contributed by atoms with E-state index >= 15 is 0 Å². The number of methoxy groups -OCH3 is 2. The van der Waals surface area contributed by atoms with Crippen molar-refractivity contribution in [3.05, 3.63) is 107 Å². The number of carbonyl (C=O) groups is 1. The molecule has 0 spiro atoms. The Morgan fingerprint density at radius 3 is 2.68 bits per heavy atom. The number of nitro groups is 1. The van der Waals surface area contributed by atoms with Crippen LogP contribution in [0, 0.1) is 10.1 Å². The first kappa shape index (κ1) is 27.6. The average molecular weight is 576 g/mol. The van der Waals surface area contributed by atoms with Gasteiger partial charge in [0.25, 0.3) is 11.2 Å². The molecule has 1 aliphatic heterocycles. The van der Waals surface area contributed by atoms with Crippen LogP contribution in [0.3, 0.4) is 0 Å². The summed E-state index contributed by atoms with van der Waals surface area (Å²) in [6.07, 6.45) is 1.57. The number of benzene rings is 2. The Morgan fingerprint density at radius 1 is 1.17 bits per heavy atom. The van der Waals surface area contributed by atoms with Crippen LogP contribution in [-0.4, -0.2) is 36.3 Å². The molecular weight excluding hydrogens is 550 g/mol. The fraction of sp³-hybridized carbons (Fsp3) is 0.207. The highest BCUT2D eigenvalue weighted by Gasteiger charge is 2.33. The van der Waals surface area contributed by atoms with Gasteiger partial charge >= 0.3 is 5.97 Å². The highest BCUT2D eigenvalue weighted by molar-refractivity contribution is 7.07. The molecular formula is C29H25N3O8S. The number of carbonyl (C=O) groups excluding carboxylic acids is 1. The Kier molecular flexibility index (Phi) is 7.58. The van der Waals surface area contributed by atoms with E-state index in [-0.39, 0.29) is 23.4 Å². The number of hydrogen-bond donors (Lipinski definition) is 0. The predicted molar refractivity (Wildman–Crippen MR) is 151 cm³/mol. The Balaban J connectivity index is 1.64. The molecule has 0 bridgehead atoms. The van der Waals surface area contributed by atoms with Crippen molar-refractivity contribution in [1.82, 2.24) is 4.57 Å². The summed E-state index contributed by atoms with van der Waals surface area (Å²) in [6.45, 7) is 3.59. The molecule has 0 aliphatic carbocycles. The zero-order valence-corrected chi connectivity index (χ0v) is 23.4. The van der Waals surface area contributed by atoms with Crippen LogP contribution in [0.15, 0.2) is 80.1 Å². The molecule has 0 saturated carbocycles. The molecule has 210 valence electrons. The number of furan rings is 1. The molecule has 2 aromatic carbocycles. The monoisotopic (exact) mass is 575 g/mol. The Hall–Kier alpha value is -4.97. The topological polar surface area (TPSA) is 135 Å². The van der Waals surface area contributed by atoms with Gasteiger partial charge in [-0.1, -0.05) is 23.5 Å². The van der Waals surface area contributed by atoms with Crippen molar-refractivity contribution in [3.63, 3.8) is 0 Å². The number of nitrogens with zero attached hydrogens (tertiary/aromatic N) is 3. The molecule has 0 amide bonds. The summed E-state index contributed by atoms with van der Waals surface area (Å²) in [5.74, 6) is 1.09. The van der Waals surface area contributed by atoms with Crippen LogP contribution in [0.5, 0.6) is 11.5 Å². The molecule has 0 radical (unpaired) electrons. The fourth-order valence-corrected chi connectivity index (χ4v) is 5.65. The van der Waals surface area contributed by atoms with E-state index in [1.807, 2.05) is 6.07 Å². The summed E-state index contributed by atoms with van der Waals surface area (Å²) >= 11 is 1.15. The number of rotatable bonds is 8. The van der Waals surface area contributed by atoms with Gasteiger partial charge in [0.2, 0.25) is 0 Å². The Morgan fingerprint density at radius 2 is 1.98 bits per heavy atom. The molecule has 0 N–H and O–H groups in total. The molecule has 41 heavy (non-hydrogen) atoms. The van der Waals surface area contributed by atoms with Gasteiger partial charge in [0.05, 0.1) is 53.2 Å². The van der Waals surface area contributed by atoms with E-state index in [0.717, 1.165) is 11.3 Å². The van der Waals surface area contributed by atoms with Gasteiger partial charge in [-0.2, -0.15) is 0 Å². The highest BCUT2D eigenvalue weighted by Crippen LogP contribution is 2.35. The lowest BCUT2D eigenvalue weighted by atomic mass is 9.95. The minimum atomic E-state index is -0.788. The molecule has 5 rings (SSSR count). The fourth-order valence-electron chi connectivity index (χ4n) is 4.62. The Labute approximate surface area is 237 Å². The number of esters is 1. The van der Waals surface area contributed by atoms with Crippen LogP contribution in [0.25, 0.3) is 17.4 Å². The molecule has 3 heterocycles. The molecule has 1 unspecified atom stereocenters. The van der Waals surface area contributed by atoms with Gasteiger partial charge in [-0.05, 0) is 49.7 Å². The largest absolute Gasteiger partial charge is 0.497 e. The van der Waals surface area contributed by atoms with Crippen LogP contribution >= 0.6 is 11.3 Å². The molecule has 0 fully saturated rings. The lowest BCUT2D eigenvalue weighted by Crippen LogP contribution is -2.39. The average Bonchev–Trinajstić information content (AvgIpc) is 3.56. The molecule has 2 aromatic heterocycles. The number of ether oxygens (including phenoxy) is 3. The lowest BCUT2D eigenvalue weighted by Gasteiger charge is -2.24. The van der Waals surface area contributed by atoms with E-state index in [4.69, 9.17) is 18.6 Å². The second-order valence-corrected chi connectivity index (χ2v) is 9.93. The molecule has 12 heteroatoms. The highest BCUT2D eigenvalue weighted by atomic mass is 32.1. The maximum Gasteiger partial charge on any atom is 0.338 e. The van der Waals surface area contributed by atoms with E-state index in [2.05, 4.69) is 4.99 Å². The number of non-ortho nitro benzene ring substituents is 1. The third-order valence-electron chi connectivity index (χ3n) is 6.49. The molecule has 11 nitrogen and oxygen atoms in total. The van der Waals surface area contributed by atoms with Gasteiger partial charge in [0.15, 0.2) is 4.80 Å². The minimum Gasteiger partial charge on any atom is -0.497 e. The van der Waals surface area contributed by atoms with Crippen LogP contribution in [0.1, 0.15) is 31.2 Å². The SMILES string of the molecule is CCOC(=O)C1=C(C)N=c2s/c(=C\c3ccc(-c4cc([N+](=O)[O-])ccc4OC)o3)c(=O)n2C1c1cccc(OC)c1. The summed E-state index contributed by atoms with van der Waals surface area (Å²) in [4.78, 5) is 42.7. The minimum absolute atomic E-state index is 0.114. The summed E-state index contributed by atoms with van der Waals surface area (Å²) in [7, 11) is 3.00. The van der Waals surface area contributed by atoms with E-state index in [1.54, 1.807) is 57.4 Å². The number of thiazole rings is 1. The van der Waals surface area contributed by atoms with Crippen molar-refractivity contribution in [2.45, 2.75) is 19.9 Å². The summed E-state index contributed by atoms with van der Waals surface area (Å²) < 4.78 is 23.8. The standard InChI is InChI=1S/C29H25N3O8S/c1-5-39-28(34)25-16(2)30-29-31(26(25)17-7-6-8-19(13-17)37-3)27(33)24(41-29)15-20-10-12-23(40-20)21-14-18(32(35)36)9-11-22(21)38-4/h6-15,26H,5H2,1-4H3/b24-15-. The van der Waals surface area contributed by atoms with Crippen molar-refractivity contribution in [2.24, 2.45) is 4.99 Å². The van der Waals surface area contributed by atoms with Crippen molar-refractivity contribution >= 4 is 29.1 Å². The van der Waals surface area contributed by atoms with Gasteiger partial charge < -0.3 is 18.6 Å². The van der Waals surface area contributed by atoms with E-state index in [0.29, 0.717) is 49.2 Å². The van der Waals surface area contributed by atoms with Crippen molar-refractivity contribution in [3.8, 4) is 22.8 Å². The van der Waals surface area contributed by atoms with Crippen molar-refractivity contribution in [2.75, 3.05) is 20.8 Å². The van der Waals surface area contributed by atoms with Gasteiger partial charge in [-0.15, -0.1) is 0 Å². The second-order valence-electron chi connectivity index (χ2n) is 8.92. The maximum absolute atomic E-state index is 13.8. The number of allylic oxidation sites excluding steroid dienone is 1. The van der Waals surface area contributed by atoms with Gasteiger partial charge in [0, 0.05) is 18.2 Å².